The number of phenolic OH excluding ortho intramolecular Hbond substituents is 1. The summed E-state index contributed by atoms with van der Waals surface area (Å²) in [4.78, 5) is 0. The molecule has 0 atom stereocenters. The van der Waals surface area contributed by atoms with Gasteiger partial charge in [-0.2, -0.15) is 0 Å². The van der Waals surface area contributed by atoms with E-state index in [0.29, 0.717) is 10.0 Å². The van der Waals surface area contributed by atoms with E-state index in [0.717, 1.165) is 25.9 Å². The van der Waals surface area contributed by atoms with Crippen molar-refractivity contribution in [3.05, 3.63) is 28.0 Å². The van der Waals surface area contributed by atoms with Crippen LogP contribution in [0.25, 0.3) is 0 Å². The standard InChI is InChI=1S/C11H13BrFNO/c12-11-9(15)2-1-8(13)10(11)7-3-5-14-6-4-7/h1-2,7,14-15H,3-6H2. The van der Waals surface area contributed by atoms with Gasteiger partial charge in [0.05, 0.1) is 4.47 Å². The maximum atomic E-state index is 13.7. The fourth-order valence-corrected chi connectivity index (χ4v) is 2.69. The van der Waals surface area contributed by atoms with Gasteiger partial charge in [0.25, 0.3) is 0 Å². The van der Waals surface area contributed by atoms with Gasteiger partial charge in [0.2, 0.25) is 0 Å². The normalized spacial score (nSPS) is 18.0. The third kappa shape index (κ3) is 2.16. The lowest BCUT2D eigenvalue weighted by molar-refractivity contribution is 0.432. The number of piperidine rings is 1. The number of hydrogen-bond donors (Lipinski definition) is 2. The highest BCUT2D eigenvalue weighted by Gasteiger charge is 2.22. The Hall–Kier alpha value is -0.610. The molecule has 0 radical (unpaired) electrons. The summed E-state index contributed by atoms with van der Waals surface area (Å²) in [6, 6.07) is 2.71. The van der Waals surface area contributed by atoms with Gasteiger partial charge in [-0.25, -0.2) is 4.39 Å². The number of aromatic hydroxyl groups is 1. The van der Waals surface area contributed by atoms with E-state index in [4.69, 9.17) is 0 Å². The molecule has 1 aromatic carbocycles. The lowest BCUT2D eigenvalue weighted by Crippen LogP contribution is -2.27. The molecule has 0 spiro atoms. The molecule has 1 aliphatic rings. The van der Waals surface area contributed by atoms with Gasteiger partial charge in [-0.1, -0.05) is 0 Å². The predicted octanol–water partition coefficient (Wildman–Crippen LogP) is 2.76. The minimum absolute atomic E-state index is 0.116. The molecule has 1 heterocycles. The molecule has 82 valence electrons. The zero-order valence-corrected chi connectivity index (χ0v) is 9.85. The van der Waals surface area contributed by atoms with Crippen LogP contribution in [-0.4, -0.2) is 18.2 Å². The van der Waals surface area contributed by atoms with E-state index in [-0.39, 0.29) is 17.5 Å². The van der Waals surface area contributed by atoms with Crippen LogP contribution in [0.5, 0.6) is 5.75 Å². The molecule has 15 heavy (non-hydrogen) atoms. The van der Waals surface area contributed by atoms with Crippen molar-refractivity contribution in [2.45, 2.75) is 18.8 Å². The van der Waals surface area contributed by atoms with Crippen LogP contribution < -0.4 is 5.32 Å². The molecule has 0 saturated carbocycles. The van der Waals surface area contributed by atoms with Gasteiger partial charge < -0.3 is 10.4 Å². The van der Waals surface area contributed by atoms with Gasteiger partial charge in [0, 0.05) is 5.56 Å². The Morgan fingerprint density at radius 2 is 2.00 bits per heavy atom. The zero-order chi connectivity index (χ0) is 10.8. The van der Waals surface area contributed by atoms with Gasteiger partial charge in [-0.3, -0.25) is 0 Å². The van der Waals surface area contributed by atoms with Crippen molar-refractivity contribution in [1.29, 1.82) is 0 Å². The Morgan fingerprint density at radius 1 is 1.33 bits per heavy atom. The van der Waals surface area contributed by atoms with Crippen LogP contribution >= 0.6 is 15.9 Å². The van der Waals surface area contributed by atoms with Gasteiger partial charge >= 0.3 is 0 Å². The van der Waals surface area contributed by atoms with Crippen molar-refractivity contribution >= 4 is 15.9 Å². The smallest absolute Gasteiger partial charge is 0.130 e. The summed E-state index contributed by atoms with van der Waals surface area (Å²) in [6.45, 7) is 1.82. The molecule has 4 heteroatoms. The van der Waals surface area contributed by atoms with Crippen molar-refractivity contribution in [2.24, 2.45) is 0 Å². The molecule has 2 N–H and O–H groups in total. The van der Waals surface area contributed by atoms with E-state index in [2.05, 4.69) is 21.2 Å². The highest BCUT2D eigenvalue weighted by molar-refractivity contribution is 9.10. The first kappa shape index (κ1) is 10.9. The van der Waals surface area contributed by atoms with Crippen molar-refractivity contribution in [1.82, 2.24) is 5.32 Å². The summed E-state index contributed by atoms with van der Waals surface area (Å²) in [6.07, 6.45) is 1.83. The third-order valence-electron chi connectivity index (χ3n) is 2.85. The maximum absolute atomic E-state index is 13.7. The van der Waals surface area contributed by atoms with Crippen molar-refractivity contribution < 1.29 is 9.50 Å². The molecular weight excluding hydrogens is 261 g/mol. The van der Waals surface area contributed by atoms with E-state index in [1.165, 1.54) is 12.1 Å². The number of hydrogen-bond acceptors (Lipinski definition) is 2. The van der Waals surface area contributed by atoms with Crippen LogP contribution in [0.2, 0.25) is 0 Å². The Kier molecular flexibility index (Phi) is 3.26. The number of rotatable bonds is 1. The van der Waals surface area contributed by atoms with Crippen LogP contribution in [0.3, 0.4) is 0 Å². The highest BCUT2D eigenvalue weighted by atomic mass is 79.9. The molecule has 2 nitrogen and oxygen atoms in total. The van der Waals surface area contributed by atoms with Crippen LogP contribution in [-0.2, 0) is 0 Å². The van der Waals surface area contributed by atoms with Crippen LogP contribution in [0.4, 0.5) is 4.39 Å². The monoisotopic (exact) mass is 273 g/mol. The van der Waals surface area contributed by atoms with Crippen molar-refractivity contribution in [2.75, 3.05) is 13.1 Å². The molecule has 0 aliphatic carbocycles. The molecule has 0 amide bonds. The van der Waals surface area contributed by atoms with Crippen LogP contribution in [0, 0.1) is 5.82 Å². The SMILES string of the molecule is Oc1ccc(F)c(C2CCNCC2)c1Br. The molecule has 0 bridgehead atoms. The van der Waals surface area contributed by atoms with E-state index in [1.807, 2.05) is 0 Å². The predicted molar refractivity (Wildman–Crippen MR) is 60.6 cm³/mol. The lowest BCUT2D eigenvalue weighted by Gasteiger charge is -2.24. The summed E-state index contributed by atoms with van der Waals surface area (Å²) in [5, 5.41) is 12.8. The Balaban J connectivity index is 2.36. The molecule has 2 rings (SSSR count). The fraction of sp³-hybridized carbons (Fsp3) is 0.455. The van der Waals surface area contributed by atoms with Gasteiger partial charge in [-0.05, 0) is 59.9 Å². The lowest BCUT2D eigenvalue weighted by atomic mass is 9.90. The minimum atomic E-state index is -0.230. The molecule has 1 fully saturated rings. The number of halogens is 2. The van der Waals surface area contributed by atoms with Gasteiger partial charge in [0.1, 0.15) is 11.6 Å². The quantitative estimate of drug-likeness (QED) is 0.825. The first-order valence-corrected chi connectivity index (χ1v) is 5.87. The highest BCUT2D eigenvalue weighted by Crippen LogP contribution is 2.37. The fourth-order valence-electron chi connectivity index (χ4n) is 2.04. The second kappa shape index (κ2) is 4.49. The van der Waals surface area contributed by atoms with Crippen molar-refractivity contribution in [3.8, 4) is 5.75 Å². The Labute approximate surface area is 96.6 Å². The first-order valence-electron chi connectivity index (χ1n) is 5.07. The molecule has 1 aromatic rings. The number of benzene rings is 1. The second-order valence-corrected chi connectivity index (χ2v) is 4.61. The van der Waals surface area contributed by atoms with Crippen molar-refractivity contribution in [3.63, 3.8) is 0 Å². The summed E-state index contributed by atoms with van der Waals surface area (Å²) < 4.78 is 14.2. The molecule has 1 aliphatic heterocycles. The second-order valence-electron chi connectivity index (χ2n) is 3.82. The largest absolute Gasteiger partial charge is 0.507 e. The van der Waals surface area contributed by atoms with Crippen LogP contribution in [0.1, 0.15) is 24.3 Å². The minimum Gasteiger partial charge on any atom is -0.507 e. The topological polar surface area (TPSA) is 32.3 Å². The molecular formula is C11H13BrFNO. The number of phenols is 1. The zero-order valence-electron chi connectivity index (χ0n) is 8.26. The van der Waals surface area contributed by atoms with E-state index >= 15 is 0 Å². The van der Waals surface area contributed by atoms with E-state index in [9.17, 15) is 9.50 Å². The first-order chi connectivity index (χ1) is 7.20. The summed E-state index contributed by atoms with van der Waals surface area (Å²) in [7, 11) is 0. The average molecular weight is 274 g/mol. The summed E-state index contributed by atoms with van der Waals surface area (Å²) >= 11 is 3.26. The Morgan fingerprint density at radius 3 is 2.67 bits per heavy atom. The summed E-state index contributed by atoms with van der Waals surface area (Å²) in [5.41, 5.74) is 0.622. The Bertz CT molecular complexity index is 364. The number of nitrogens with one attached hydrogen (secondary N) is 1. The molecule has 1 saturated heterocycles. The summed E-state index contributed by atoms with van der Waals surface area (Å²) in [5.74, 6) is 0.0873. The average Bonchev–Trinajstić information content (AvgIpc) is 2.26. The van der Waals surface area contributed by atoms with Crippen LogP contribution in [0.15, 0.2) is 16.6 Å². The van der Waals surface area contributed by atoms with Gasteiger partial charge in [-0.15, -0.1) is 0 Å². The van der Waals surface area contributed by atoms with E-state index in [1.54, 1.807) is 0 Å². The van der Waals surface area contributed by atoms with E-state index < -0.39 is 0 Å². The molecule has 0 unspecified atom stereocenters. The van der Waals surface area contributed by atoms with Gasteiger partial charge in [0.15, 0.2) is 0 Å². The maximum Gasteiger partial charge on any atom is 0.130 e. The third-order valence-corrected chi connectivity index (χ3v) is 3.69. The molecule has 0 aromatic heterocycles.